The van der Waals surface area contributed by atoms with Crippen molar-refractivity contribution in [2.75, 3.05) is 17.2 Å². The molecule has 110 valence electrons. The summed E-state index contributed by atoms with van der Waals surface area (Å²) in [5, 5.41) is 6.64. The number of aromatic nitrogens is 3. The van der Waals surface area contributed by atoms with E-state index in [4.69, 9.17) is 11.6 Å². The lowest BCUT2D eigenvalue weighted by atomic mass is 9.88. The second-order valence-electron chi connectivity index (χ2n) is 5.13. The summed E-state index contributed by atoms with van der Waals surface area (Å²) in [6, 6.07) is 8.90. The zero-order valence-corrected chi connectivity index (χ0v) is 12.7. The van der Waals surface area contributed by atoms with E-state index in [2.05, 4.69) is 49.9 Å². The van der Waals surface area contributed by atoms with E-state index in [1.807, 2.05) is 6.92 Å². The molecule has 1 unspecified atom stereocenters. The van der Waals surface area contributed by atoms with Gasteiger partial charge in [0.2, 0.25) is 17.2 Å². The van der Waals surface area contributed by atoms with Crippen molar-refractivity contribution in [3.05, 3.63) is 40.7 Å². The highest BCUT2D eigenvalue weighted by Crippen LogP contribution is 2.23. The summed E-state index contributed by atoms with van der Waals surface area (Å²) >= 11 is 5.94. The van der Waals surface area contributed by atoms with Crippen LogP contribution in [0.15, 0.2) is 24.3 Å². The number of hydrogen-bond acceptors (Lipinski definition) is 5. The Kier molecular flexibility index (Phi) is 4.20. The summed E-state index contributed by atoms with van der Waals surface area (Å²) < 4.78 is 0. The number of anilines is 2. The molecular weight excluding hydrogens is 286 g/mol. The molecule has 3 rings (SSSR count). The van der Waals surface area contributed by atoms with E-state index in [9.17, 15) is 0 Å². The number of benzene rings is 1. The summed E-state index contributed by atoms with van der Waals surface area (Å²) in [7, 11) is 0. The van der Waals surface area contributed by atoms with Gasteiger partial charge in [0.15, 0.2) is 0 Å². The Morgan fingerprint density at radius 3 is 2.71 bits per heavy atom. The molecule has 5 nitrogen and oxygen atoms in total. The number of hydrogen-bond donors (Lipinski definition) is 2. The summed E-state index contributed by atoms with van der Waals surface area (Å²) in [6.45, 7) is 2.74. The number of rotatable bonds is 4. The maximum Gasteiger partial charge on any atom is 0.229 e. The van der Waals surface area contributed by atoms with E-state index in [0.717, 1.165) is 25.8 Å². The average Bonchev–Trinajstić information content (AvgIpc) is 2.47. The van der Waals surface area contributed by atoms with Gasteiger partial charge in [-0.15, -0.1) is 0 Å². The van der Waals surface area contributed by atoms with Crippen LogP contribution in [0.4, 0.5) is 11.9 Å². The van der Waals surface area contributed by atoms with Crippen LogP contribution in [0.5, 0.6) is 0 Å². The van der Waals surface area contributed by atoms with Gasteiger partial charge in [-0.05, 0) is 48.9 Å². The first-order valence-electron chi connectivity index (χ1n) is 7.23. The van der Waals surface area contributed by atoms with Crippen LogP contribution in [0, 0.1) is 0 Å². The molecule has 1 heterocycles. The predicted octanol–water partition coefficient (Wildman–Crippen LogP) is 2.93. The van der Waals surface area contributed by atoms with Crippen LogP contribution in [-0.4, -0.2) is 27.5 Å². The SMILES string of the molecule is CCNc1nc(Cl)nc(NC2CCc3ccccc3C2)n1. The molecule has 0 radical (unpaired) electrons. The van der Waals surface area contributed by atoms with Gasteiger partial charge >= 0.3 is 0 Å². The molecule has 2 aromatic rings. The van der Waals surface area contributed by atoms with Crippen molar-refractivity contribution in [2.45, 2.75) is 32.2 Å². The quantitative estimate of drug-likeness (QED) is 0.909. The molecule has 0 saturated carbocycles. The van der Waals surface area contributed by atoms with Gasteiger partial charge in [0, 0.05) is 12.6 Å². The topological polar surface area (TPSA) is 62.7 Å². The van der Waals surface area contributed by atoms with Crippen LogP contribution < -0.4 is 10.6 Å². The second-order valence-corrected chi connectivity index (χ2v) is 5.47. The molecule has 1 aromatic carbocycles. The van der Waals surface area contributed by atoms with Gasteiger partial charge < -0.3 is 10.6 Å². The van der Waals surface area contributed by atoms with Gasteiger partial charge in [-0.1, -0.05) is 24.3 Å². The Morgan fingerprint density at radius 2 is 1.90 bits per heavy atom. The minimum Gasteiger partial charge on any atom is -0.354 e. The van der Waals surface area contributed by atoms with Gasteiger partial charge in [-0.2, -0.15) is 15.0 Å². The summed E-state index contributed by atoms with van der Waals surface area (Å²) in [5.41, 5.74) is 2.84. The molecule has 21 heavy (non-hydrogen) atoms. The van der Waals surface area contributed by atoms with Gasteiger partial charge in [-0.3, -0.25) is 0 Å². The van der Waals surface area contributed by atoms with Gasteiger partial charge in [0.05, 0.1) is 0 Å². The van der Waals surface area contributed by atoms with Gasteiger partial charge in [0.1, 0.15) is 0 Å². The van der Waals surface area contributed by atoms with Gasteiger partial charge in [0.25, 0.3) is 0 Å². The largest absolute Gasteiger partial charge is 0.354 e. The van der Waals surface area contributed by atoms with Crippen molar-refractivity contribution in [1.29, 1.82) is 0 Å². The second kappa shape index (κ2) is 6.26. The van der Waals surface area contributed by atoms with Crippen molar-refractivity contribution in [2.24, 2.45) is 0 Å². The fourth-order valence-electron chi connectivity index (χ4n) is 2.66. The Morgan fingerprint density at radius 1 is 1.14 bits per heavy atom. The molecule has 1 atom stereocenters. The minimum atomic E-state index is 0.208. The van der Waals surface area contributed by atoms with Crippen molar-refractivity contribution in [1.82, 2.24) is 15.0 Å². The third kappa shape index (κ3) is 3.42. The highest BCUT2D eigenvalue weighted by Gasteiger charge is 2.19. The average molecular weight is 304 g/mol. The molecule has 1 aliphatic rings. The molecule has 0 fully saturated rings. The first kappa shape index (κ1) is 14.1. The van der Waals surface area contributed by atoms with Crippen LogP contribution in [-0.2, 0) is 12.8 Å². The summed E-state index contributed by atoms with van der Waals surface area (Å²) in [6.07, 6.45) is 3.12. The molecule has 0 aliphatic heterocycles. The van der Waals surface area contributed by atoms with E-state index in [1.165, 1.54) is 11.1 Å². The van der Waals surface area contributed by atoms with E-state index < -0.39 is 0 Å². The number of halogens is 1. The smallest absolute Gasteiger partial charge is 0.229 e. The Labute approximate surface area is 129 Å². The molecule has 6 heteroatoms. The fraction of sp³-hybridized carbons (Fsp3) is 0.400. The summed E-state index contributed by atoms with van der Waals surface area (Å²) in [5.74, 6) is 1.05. The van der Waals surface area contributed by atoms with E-state index in [0.29, 0.717) is 17.9 Å². The molecular formula is C15H18ClN5. The van der Waals surface area contributed by atoms with Crippen LogP contribution in [0.25, 0.3) is 0 Å². The minimum absolute atomic E-state index is 0.208. The highest BCUT2D eigenvalue weighted by molar-refractivity contribution is 6.28. The zero-order valence-electron chi connectivity index (χ0n) is 11.9. The van der Waals surface area contributed by atoms with Crippen LogP contribution >= 0.6 is 11.6 Å². The third-order valence-electron chi connectivity index (χ3n) is 3.62. The molecule has 1 aromatic heterocycles. The number of nitrogens with one attached hydrogen (secondary N) is 2. The highest BCUT2D eigenvalue weighted by atomic mass is 35.5. The van der Waals surface area contributed by atoms with Gasteiger partial charge in [-0.25, -0.2) is 0 Å². The number of nitrogens with zero attached hydrogens (tertiary/aromatic N) is 3. The van der Waals surface area contributed by atoms with Crippen molar-refractivity contribution < 1.29 is 0 Å². The predicted molar refractivity (Wildman–Crippen MR) is 84.9 cm³/mol. The lowest BCUT2D eigenvalue weighted by Crippen LogP contribution is -2.28. The maximum absolute atomic E-state index is 5.94. The van der Waals surface area contributed by atoms with E-state index in [1.54, 1.807) is 0 Å². The lowest BCUT2D eigenvalue weighted by Gasteiger charge is -2.25. The molecule has 2 N–H and O–H groups in total. The Hall–Kier alpha value is -1.88. The first-order chi connectivity index (χ1) is 10.2. The maximum atomic E-state index is 5.94. The third-order valence-corrected chi connectivity index (χ3v) is 3.79. The standard InChI is InChI=1S/C15H18ClN5/c1-2-17-14-19-13(16)20-15(21-14)18-12-8-7-10-5-3-4-6-11(10)9-12/h3-6,12H,2,7-9H2,1H3,(H2,17,18,19,20,21). The number of aryl methyl sites for hydroxylation is 1. The van der Waals surface area contributed by atoms with Crippen LogP contribution in [0.1, 0.15) is 24.5 Å². The van der Waals surface area contributed by atoms with Crippen molar-refractivity contribution >= 4 is 23.5 Å². The Balaban J connectivity index is 1.73. The monoisotopic (exact) mass is 303 g/mol. The first-order valence-corrected chi connectivity index (χ1v) is 7.61. The van der Waals surface area contributed by atoms with Crippen molar-refractivity contribution in [3.63, 3.8) is 0 Å². The molecule has 0 bridgehead atoms. The zero-order chi connectivity index (χ0) is 14.7. The van der Waals surface area contributed by atoms with Crippen LogP contribution in [0.3, 0.4) is 0 Å². The van der Waals surface area contributed by atoms with Crippen molar-refractivity contribution in [3.8, 4) is 0 Å². The lowest BCUT2D eigenvalue weighted by molar-refractivity contribution is 0.606. The molecule has 0 amide bonds. The fourth-order valence-corrected chi connectivity index (χ4v) is 2.82. The Bertz CT molecular complexity index is 631. The molecule has 1 aliphatic carbocycles. The normalized spacial score (nSPS) is 17.1. The van der Waals surface area contributed by atoms with E-state index >= 15 is 0 Å². The summed E-state index contributed by atoms with van der Waals surface area (Å²) in [4.78, 5) is 12.5. The molecule has 0 saturated heterocycles. The van der Waals surface area contributed by atoms with E-state index in [-0.39, 0.29) is 5.28 Å². The van der Waals surface area contributed by atoms with Crippen LogP contribution in [0.2, 0.25) is 5.28 Å². The number of fused-ring (bicyclic) bond motifs is 1. The molecule has 0 spiro atoms.